The highest BCUT2D eigenvalue weighted by atomic mass is 35.5. The average molecular weight is 1170 g/mol. The molecule has 5 heterocycles. The number of nitrogens with one attached hydrogen (secondary N) is 2. The molecular formula is C54H71ClN8O15S2. The number of ether oxygens (including phenoxy) is 5. The standard InChI is InChI=1S/C54H71ClN8O15S2/c1-30-14-12-15-39(73-11)54(72)26-38(75-51(71)58-54)32(3)49-53(8,77-49)40(25-46(68)62(10)37-24-35(22-30)23-31(2)48(37)55)76-50(70)34(5)61(9)43(65)19-21-79-80-52(6,7)27-41(64)60-59-33(4)36-28-57-42(29-56-36)74-20-13-16-47(69)78-63-44(66)17-18-45(63)67/h12,14-15,23-24,28-29,32,34,38-40,49,72H,13,16-22,25-27H2,1-11H3,(H,58,71)(H,60,64)/b15-12+,30-14+,59-33-/t32-,34+,38+,39-,40+,49+,53+,54+/m1/s1. The molecule has 80 heavy (non-hydrogen) atoms. The zero-order valence-electron chi connectivity index (χ0n) is 46.8. The van der Waals surface area contributed by atoms with E-state index in [0.717, 1.165) is 16.7 Å². The Bertz CT molecular complexity index is 2770. The van der Waals surface area contributed by atoms with Crippen LogP contribution in [0.5, 0.6) is 5.88 Å². The van der Waals surface area contributed by atoms with Crippen LogP contribution in [0.15, 0.2) is 53.4 Å². The normalized spacial score (nSPS) is 26.0. The molecule has 0 saturated carbocycles. The van der Waals surface area contributed by atoms with Gasteiger partial charge in [-0.1, -0.05) is 70.0 Å². The summed E-state index contributed by atoms with van der Waals surface area (Å²) in [6.45, 7) is 14.3. The second-order valence-corrected chi connectivity index (χ2v) is 24.6. The molecule has 2 aromatic rings. The molecule has 4 aliphatic rings. The Balaban J connectivity index is 1.01. The van der Waals surface area contributed by atoms with Gasteiger partial charge in [0, 0.05) is 69.7 Å². The van der Waals surface area contributed by atoms with Crippen molar-refractivity contribution in [2.75, 3.05) is 38.5 Å². The summed E-state index contributed by atoms with van der Waals surface area (Å²) in [5.41, 5.74) is 3.17. The lowest BCUT2D eigenvalue weighted by molar-refractivity contribution is -0.197. The molecule has 1 aromatic heterocycles. The number of halogens is 1. The highest BCUT2D eigenvalue weighted by Crippen LogP contribution is 2.49. The lowest BCUT2D eigenvalue weighted by atomic mass is 9.83. The topological polar surface area (TPSA) is 287 Å². The number of hydrazone groups is 1. The van der Waals surface area contributed by atoms with Crippen LogP contribution in [-0.2, 0) is 63.8 Å². The fourth-order valence-electron chi connectivity index (χ4n) is 9.20. The van der Waals surface area contributed by atoms with Crippen molar-refractivity contribution in [3.8, 4) is 5.88 Å². The van der Waals surface area contributed by atoms with E-state index < -0.39 is 88.2 Å². The molecule has 26 heteroatoms. The van der Waals surface area contributed by atoms with Crippen molar-refractivity contribution in [2.24, 2.45) is 11.0 Å². The van der Waals surface area contributed by atoms with E-state index in [1.165, 1.54) is 64.9 Å². The molecule has 8 atom stereocenters. The van der Waals surface area contributed by atoms with Crippen LogP contribution in [0.4, 0.5) is 10.5 Å². The number of nitrogens with zero attached hydrogens (tertiary/aromatic N) is 6. The number of anilines is 1. The van der Waals surface area contributed by atoms with E-state index in [0.29, 0.717) is 39.4 Å². The van der Waals surface area contributed by atoms with Gasteiger partial charge in [0.05, 0.1) is 54.4 Å². The van der Waals surface area contributed by atoms with E-state index in [1.807, 2.05) is 45.9 Å². The molecule has 0 spiro atoms. The number of allylic oxidation sites excluding steroid dienone is 3. The number of aliphatic hydroxyl groups is 1. The maximum atomic E-state index is 14.3. The van der Waals surface area contributed by atoms with Gasteiger partial charge in [-0.3, -0.25) is 29.3 Å². The number of carbonyl (C=O) groups excluding carboxylic acids is 8. The number of hydrogen-bond acceptors (Lipinski definition) is 20. The fourth-order valence-corrected chi connectivity index (χ4v) is 11.9. The van der Waals surface area contributed by atoms with Gasteiger partial charge < -0.3 is 43.4 Å². The first kappa shape index (κ1) is 63.1. The van der Waals surface area contributed by atoms with Gasteiger partial charge in [-0.25, -0.2) is 29.8 Å². The summed E-state index contributed by atoms with van der Waals surface area (Å²) >= 11 is 6.84. The minimum absolute atomic E-state index is 0.00589. The zero-order chi connectivity index (χ0) is 58.9. The Hall–Kier alpha value is -6.12. The van der Waals surface area contributed by atoms with Gasteiger partial charge >= 0.3 is 18.0 Å². The Morgan fingerprint density at radius 2 is 1.80 bits per heavy atom. The van der Waals surface area contributed by atoms with E-state index in [4.69, 9.17) is 40.1 Å². The number of imide groups is 1. The van der Waals surface area contributed by atoms with Crippen molar-refractivity contribution < 1.29 is 72.0 Å². The second-order valence-electron chi connectivity index (χ2n) is 21.1. The highest BCUT2D eigenvalue weighted by molar-refractivity contribution is 8.77. The lowest BCUT2D eigenvalue weighted by Crippen LogP contribution is -2.63. The van der Waals surface area contributed by atoms with Gasteiger partial charge in [0.15, 0.2) is 5.72 Å². The zero-order valence-corrected chi connectivity index (χ0v) is 49.2. The van der Waals surface area contributed by atoms with Crippen LogP contribution in [0, 0.1) is 12.8 Å². The molecule has 3 saturated heterocycles. The first-order chi connectivity index (χ1) is 37.6. The molecule has 4 aliphatic heterocycles. The number of carbonyl (C=O) groups is 8. The fraction of sp³-hybridized carbons (Fsp3) is 0.574. The summed E-state index contributed by atoms with van der Waals surface area (Å²) in [6, 6.07) is 2.68. The van der Waals surface area contributed by atoms with Gasteiger partial charge in [0.25, 0.3) is 11.8 Å². The van der Waals surface area contributed by atoms with Gasteiger partial charge in [0.2, 0.25) is 23.6 Å². The molecule has 4 bridgehead atoms. The predicted octanol–water partition coefficient (Wildman–Crippen LogP) is 5.85. The van der Waals surface area contributed by atoms with E-state index in [1.54, 1.807) is 40.0 Å². The number of likely N-dealkylation sites (N-methyl/N-ethyl adjacent to an activating group) is 1. The first-order valence-electron chi connectivity index (χ1n) is 26.1. The second kappa shape index (κ2) is 27.1. The number of methoxy groups -OCH3 is 1. The monoisotopic (exact) mass is 1170 g/mol. The van der Waals surface area contributed by atoms with Gasteiger partial charge in [-0.2, -0.15) is 5.10 Å². The SMILES string of the molecule is CO[C@@H]1/C=C/C=C(\C)Cc2cc(C)c(Cl)c(c2)N(C)C(=O)C[C@H](OC(=O)[C@H](C)N(C)C(=O)CCSSC(C)(C)CC(=O)N/N=C(/C)c2cnc(OCCCC(=O)ON3C(=O)CCC3=O)cn2)[C@]2(C)O[C@H]2[C@H](C)[C@@H]2C[C@@]1(O)NC(=O)O2. The molecule has 6 rings (SSSR count). The van der Waals surface area contributed by atoms with Gasteiger partial charge in [-0.05, 0) is 78.5 Å². The summed E-state index contributed by atoms with van der Waals surface area (Å²) in [4.78, 5) is 119. The summed E-state index contributed by atoms with van der Waals surface area (Å²) in [5.74, 6) is -3.84. The van der Waals surface area contributed by atoms with Crippen LogP contribution in [-0.4, -0.2) is 158 Å². The van der Waals surface area contributed by atoms with Crippen LogP contribution in [0.2, 0.25) is 5.02 Å². The molecular weight excluding hydrogens is 1100 g/mol. The number of hydrogen-bond donors (Lipinski definition) is 3. The smallest absolute Gasteiger partial charge is 0.409 e. The summed E-state index contributed by atoms with van der Waals surface area (Å²) < 4.78 is 28.8. The first-order valence-corrected chi connectivity index (χ1v) is 28.8. The van der Waals surface area contributed by atoms with E-state index in [-0.39, 0.29) is 75.7 Å². The van der Waals surface area contributed by atoms with E-state index in [2.05, 4.69) is 25.8 Å². The van der Waals surface area contributed by atoms with Crippen LogP contribution < -0.4 is 20.4 Å². The van der Waals surface area contributed by atoms with E-state index in [9.17, 15) is 43.5 Å². The molecule has 1 aromatic carbocycles. The maximum Gasteiger partial charge on any atom is 0.409 e. The number of hydroxylamine groups is 2. The third kappa shape index (κ3) is 16.3. The van der Waals surface area contributed by atoms with Crippen LogP contribution in [0.1, 0.15) is 117 Å². The van der Waals surface area contributed by atoms with Crippen molar-refractivity contribution in [3.05, 3.63) is 70.2 Å². The Kier molecular flexibility index (Phi) is 21.4. The van der Waals surface area contributed by atoms with Crippen molar-refractivity contribution in [3.63, 3.8) is 0 Å². The minimum atomic E-state index is -1.86. The number of fused-ring (bicyclic) bond motifs is 5. The number of esters is 1. The highest BCUT2D eigenvalue weighted by Gasteiger charge is 2.64. The molecule has 6 amide bonds. The lowest BCUT2D eigenvalue weighted by Gasteiger charge is -2.42. The molecule has 436 valence electrons. The van der Waals surface area contributed by atoms with Crippen molar-refractivity contribution in [1.29, 1.82) is 0 Å². The summed E-state index contributed by atoms with van der Waals surface area (Å²) in [6.07, 6.45) is 3.76. The molecule has 0 radical (unpaired) electrons. The largest absolute Gasteiger partial charge is 0.477 e. The predicted molar refractivity (Wildman–Crippen MR) is 297 cm³/mol. The summed E-state index contributed by atoms with van der Waals surface area (Å²) in [5, 5.41) is 19.4. The van der Waals surface area contributed by atoms with Crippen LogP contribution in [0.3, 0.4) is 0 Å². The summed E-state index contributed by atoms with van der Waals surface area (Å²) in [7, 11) is 7.30. The third-order valence-corrected chi connectivity index (χ3v) is 17.9. The molecule has 3 N–H and O–H groups in total. The number of epoxide rings is 1. The minimum Gasteiger partial charge on any atom is -0.477 e. The number of aromatic nitrogens is 2. The molecule has 3 fully saturated rings. The molecule has 23 nitrogen and oxygen atoms in total. The number of benzene rings is 1. The Morgan fingerprint density at radius 3 is 2.48 bits per heavy atom. The van der Waals surface area contributed by atoms with Crippen molar-refractivity contribution in [2.45, 2.75) is 160 Å². The average Bonchev–Trinajstić information content (AvgIpc) is 4.01. The maximum absolute atomic E-state index is 14.3. The molecule has 0 unspecified atom stereocenters. The quantitative estimate of drug-likeness (QED) is 0.0283. The molecule has 0 aliphatic carbocycles. The number of amides is 6. The Morgan fingerprint density at radius 1 is 1.09 bits per heavy atom. The van der Waals surface area contributed by atoms with Crippen molar-refractivity contribution >= 4 is 92.2 Å². The van der Waals surface area contributed by atoms with E-state index >= 15 is 0 Å². The van der Waals surface area contributed by atoms with Crippen LogP contribution in [0.25, 0.3) is 0 Å². The van der Waals surface area contributed by atoms with Crippen molar-refractivity contribution in [1.82, 2.24) is 30.7 Å². The number of aryl methyl sites for hydroxylation is 1. The van der Waals surface area contributed by atoms with Gasteiger partial charge in [0.1, 0.15) is 35.6 Å². The Labute approximate surface area is 477 Å². The number of alkyl carbamates (subject to hydrolysis) is 1. The third-order valence-electron chi connectivity index (χ3n) is 14.1. The van der Waals surface area contributed by atoms with Gasteiger partial charge in [-0.15, -0.1) is 5.06 Å². The van der Waals surface area contributed by atoms with Crippen LogP contribution >= 0.6 is 33.2 Å². The number of rotatable bonds is 19.